The Bertz CT molecular complexity index is 845. The lowest BCUT2D eigenvalue weighted by Crippen LogP contribution is -2.28. The van der Waals surface area contributed by atoms with Gasteiger partial charge in [-0.2, -0.15) is 0 Å². The molecule has 0 aliphatic carbocycles. The number of nitrogens with zero attached hydrogens (tertiary/aromatic N) is 2. The van der Waals surface area contributed by atoms with E-state index in [4.69, 9.17) is 4.74 Å². The van der Waals surface area contributed by atoms with Gasteiger partial charge in [0.05, 0.1) is 30.2 Å². The van der Waals surface area contributed by atoms with E-state index >= 15 is 0 Å². The summed E-state index contributed by atoms with van der Waals surface area (Å²) in [6.07, 6.45) is 8.89. The summed E-state index contributed by atoms with van der Waals surface area (Å²) in [7, 11) is 0. The van der Waals surface area contributed by atoms with E-state index in [0.717, 1.165) is 29.7 Å². The molecule has 3 atom stereocenters. The average molecular weight is 460 g/mol. The lowest BCUT2D eigenvalue weighted by Gasteiger charge is -2.31. The summed E-state index contributed by atoms with van der Waals surface area (Å²) < 4.78 is 6.40. The van der Waals surface area contributed by atoms with Crippen molar-refractivity contribution >= 4 is 11.2 Å². The third kappa shape index (κ3) is 9.01. The quantitative estimate of drug-likeness (QED) is 0.345. The van der Waals surface area contributed by atoms with E-state index in [1.54, 1.807) is 6.20 Å². The summed E-state index contributed by atoms with van der Waals surface area (Å²) in [6, 6.07) is 2.05. The molecule has 5 nitrogen and oxygen atoms in total. The van der Waals surface area contributed by atoms with Gasteiger partial charge in [0, 0.05) is 11.1 Å². The summed E-state index contributed by atoms with van der Waals surface area (Å²) in [4.78, 5) is 12.6. The molecule has 2 aromatic heterocycles. The molecule has 0 aliphatic rings. The Morgan fingerprint density at radius 2 is 1.73 bits per heavy atom. The smallest absolute Gasteiger partial charge is 0.156 e. The van der Waals surface area contributed by atoms with Crippen LogP contribution in [0, 0.1) is 11.3 Å². The van der Waals surface area contributed by atoms with Crippen molar-refractivity contribution in [1.82, 2.24) is 15.0 Å². The van der Waals surface area contributed by atoms with Gasteiger partial charge in [-0.05, 0) is 69.8 Å². The fourth-order valence-corrected chi connectivity index (χ4v) is 4.40. The lowest BCUT2D eigenvalue weighted by molar-refractivity contribution is -0.0397. The van der Waals surface area contributed by atoms with Crippen molar-refractivity contribution in [2.45, 2.75) is 131 Å². The number of fused-ring (bicyclic) bond motifs is 1. The fourth-order valence-electron chi connectivity index (χ4n) is 4.40. The molecule has 0 saturated heterocycles. The van der Waals surface area contributed by atoms with Crippen molar-refractivity contribution in [1.29, 1.82) is 0 Å². The van der Waals surface area contributed by atoms with Crippen LogP contribution in [0.3, 0.4) is 0 Å². The Morgan fingerprint density at radius 3 is 2.30 bits per heavy atom. The van der Waals surface area contributed by atoms with Crippen LogP contribution in [0.1, 0.15) is 125 Å². The third-order valence-corrected chi connectivity index (χ3v) is 6.37. The monoisotopic (exact) mass is 459 g/mol. The predicted octanol–water partition coefficient (Wildman–Crippen LogP) is 7.50. The zero-order chi connectivity index (χ0) is 24.8. The molecular weight excluding hydrogens is 410 g/mol. The summed E-state index contributed by atoms with van der Waals surface area (Å²) in [5.74, 6) is 0.569. The second-order valence-corrected chi connectivity index (χ2v) is 12.3. The Hall–Kier alpha value is -1.46. The average Bonchev–Trinajstić information content (AvgIpc) is 3.13. The lowest BCUT2D eigenvalue weighted by atomic mass is 9.82. The summed E-state index contributed by atoms with van der Waals surface area (Å²) in [5.41, 5.74) is 3.70. The van der Waals surface area contributed by atoms with Gasteiger partial charge in [0.15, 0.2) is 5.65 Å². The summed E-state index contributed by atoms with van der Waals surface area (Å²) in [6.45, 7) is 20.0. The molecule has 0 saturated carbocycles. The first kappa shape index (κ1) is 27.8. The summed E-state index contributed by atoms with van der Waals surface area (Å²) in [5, 5.41) is 10.8. The molecule has 0 radical (unpaired) electrons. The molecule has 5 heteroatoms. The van der Waals surface area contributed by atoms with Crippen LogP contribution in [-0.2, 0) is 10.2 Å². The Labute approximate surface area is 202 Å². The molecule has 33 heavy (non-hydrogen) atoms. The van der Waals surface area contributed by atoms with Crippen LogP contribution < -0.4 is 0 Å². The molecular formula is C28H49N3O2. The predicted molar refractivity (Wildman–Crippen MR) is 138 cm³/mol. The molecule has 0 spiro atoms. The number of aliphatic hydroxyl groups is 1. The van der Waals surface area contributed by atoms with Gasteiger partial charge >= 0.3 is 0 Å². The van der Waals surface area contributed by atoms with Crippen LogP contribution in [0.2, 0.25) is 0 Å². The maximum Gasteiger partial charge on any atom is 0.156 e. The van der Waals surface area contributed by atoms with Crippen molar-refractivity contribution in [2.75, 3.05) is 0 Å². The van der Waals surface area contributed by atoms with Crippen molar-refractivity contribution in [3.63, 3.8) is 0 Å². The van der Waals surface area contributed by atoms with E-state index in [9.17, 15) is 5.11 Å². The number of nitrogens with one attached hydrogen (secondary N) is 1. The minimum Gasteiger partial charge on any atom is -0.387 e. The van der Waals surface area contributed by atoms with Crippen LogP contribution >= 0.6 is 0 Å². The van der Waals surface area contributed by atoms with Crippen molar-refractivity contribution in [2.24, 2.45) is 11.3 Å². The van der Waals surface area contributed by atoms with E-state index < -0.39 is 6.10 Å². The largest absolute Gasteiger partial charge is 0.387 e. The first-order valence-electron chi connectivity index (χ1n) is 13.0. The van der Waals surface area contributed by atoms with Crippen LogP contribution in [0.5, 0.6) is 0 Å². The SMILES string of the molecule is CCC[C@@H](CCC(C)(C)C)C(CCCC(O)c1cnc2cc(C(C)(C)C)[nH]c2n1)OC(C)C. The third-order valence-electron chi connectivity index (χ3n) is 6.37. The number of H-pyrrole nitrogens is 1. The van der Waals surface area contributed by atoms with Crippen molar-refractivity contribution in [3.05, 3.63) is 23.7 Å². The van der Waals surface area contributed by atoms with Gasteiger partial charge in [-0.25, -0.2) is 4.98 Å². The number of aromatic amines is 1. The Balaban J connectivity index is 2.02. The number of aromatic nitrogens is 3. The van der Waals surface area contributed by atoms with Gasteiger partial charge in [0.1, 0.15) is 5.52 Å². The zero-order valence-corrected chi connectivity index (χ0v) is 22.7. The van der Waals surface area contributed by atoms with Crippen LogP contribution in [0.4, 0.5) is 0 Å². The fraction of sp³-hybridized carbons (Fsp3) is 0.786. The number of hydrogen-bond donors (Lipinski definition) is 2. The van der Waals surface area contributed by atoms with Gasteiger partial charge < -0.3 is 14.8 Å². The molecule has 2 heterocycles. The minimum atomic E-state index is -0.609. The Morgan fingerprint density at radius 1 is 1.03 bits per heavy atom. The van der Waals surface area contributed by atoms with E-state index in [-0.39, 0.29) is 17.6 Å². The molecule has 0 amide bonds. The second kappa shape index (κ2) is 11.8. The van der Waals surface area contributed by atoms with E-state index in [1.807, 2.05) is 0 Å². The number of rotatable bonds is 12. The zero-order valence-electron chi connectivity index (χ0n) is 22.7. The van der Waals surface area contributed by atoms with Gasteiger partial charge in [0.2, 0.25) is 0 Å². The maximum absolute atomic E-state index is 10.8. The van der Waals surface area contributed by atoms with Gasteiger partial charge in [-0.15, -0.1) is 0 Å². The standard InChI is InChI=1S/C28H49N3O2/c1-10-12-20(15-16-27(4,5)6)24(33-19(2)3)14-11-13-23(32)22-18-29-21-17-25(28(7,8)9)31-26(21)30-22/h17-20,23-24,32H,10-16H2,1-9H3,(H,30,31)/t20-,23?,24?/m0/s1. The molecule has 2 N–H and O–H groups in total. The summed E-state index contributed by atoms with van der Waals surface area (Å²) >= 11 is 0. The first-order chi connectivity index (χ1) is 15.3. The van der Waals surface area contributed by atoms with E-state index in [0.29, 0.717) is 23.4 Å². The van der Waals surface area contributed by atoms with Crippen LogP contribution in [-0.4, -0.2) is 32.3 Å². The second-order valence-electron chi connectivity index (χ2n) is 12.3. The highest BCUT2D eigenvalue weighted by Crippen LogP contribution is 2.32. The van der Waals surface area contributed by atoms with Crippen LogP contribution in [0.25, 0.3) is 11.2 Å². The highest BCUT2D eigenvalue weighted by molar-refractivity contribution is 5.72. The molecule has 2 unspecified atom stereocenters. The number of ether oxygens (including phenoxy) is 1. The minimum absolute atomic E-state index is 0.00854. The molecule has 0 aromatic carbocycles. The van der Waals surface area contributed by atoms with E-state index in [1.165, 1.54) is 25.7 Å². The molecule has 2 rings (SSSR count). The van der Waals surface area contributed by atoms with Gasteiger partial charge in [0.25, 0.3) is 0 Å². The highest BCUT2D eigenvalue weighted by Gasteiger charge is 2.25. The van der Waals surface area contributed by atoms with Crippen molar-refractivity contribution in [3.8, 4) is 0 Å². The molecule has 0 bridgehead atoms. The molecule has 2 aromatic rings. The molecule has 0 aliphatic heterocycles. The van der Waals surface area contributed by atoms with Gasteiger partial charge in [-0.3, -0.25) is 4.98 Å². The van der Waals surface area contributed by atoms with Gasteiger partial charge in [-0.1, -0.05) is 54.9 Å². The first-order valence-corrected chi connectivity index (χ1v) is 13.0. The maximum atomic E-state index is 10.8. The normalized spacial score (nSPS) is 15.8. The van der Waals surface area contributed by atoms with E-state index in [2.05, 4.69) is 83.3 Å². The number of hydrogen-bond acceptors (Lipinski definition) is 4. The molecule has 188 valence electrons. The topological polar surface area (TPSA) is 71.0 Å². The molecule has 0 fully saturated rings. The number of aliphatic hydroxyl groups excluding tert-OH is 1. The van der Waals surface area contributed by atoms with Crippen LogP contribution in [0.15, 0.2) is 12.3 Å². The Kier molecular flexibility index (Phi) is 9.93. The van der Waals surface area contributed by atoms with Crippen molar-refractivity contribution < 1.29 is 9.84 Å². The highest BCUT2D eigenvalue weighted by atomic mass is 16.5.